The highest BCUT2D eigenvalue weighted by atomic mass is 32.2. The van der Waals surface area contributed by atoms with Gasteiger partial charge >= 0.3 is 5.97 Å². The fourth-order valence-electron chi connectivity index (χ4n) is 3.20. The van der Waals surface area contributed by atoms with Crippen LogP contribution in [0.5, 0.6) is 0 Å². The van der Waals surface area contributed by atoms with Crippen LogP contribution in [0.4, 0.5) is 0 Å². The molecule has 1 N–H and O–H groups in total. The van der Waals surface area contributed by atoms with Crippen molar-refractivity contribution in [2.24, 2.45) is 11.8 Å². The van der Waals surface area contributed by atoms with Crippen LogP contribution in [0.1, 0.15) is 49.0 Å². The van der Waals surface area contributed by atoms with Crippen molar-refractivity contribution in [2.75, 3.05) is 12.9 Å². The molecule has 5 heteroatoms. The summed E-state index contributed by atoms with van der Waals surface area (Å²) in [6.45, 7) is 4.51. The highest BCUT2D eigenvalue weighted by Gasteiger charge is 2.27. The van der Waals surface area contributed by atoms with Crippen molar-refractivity contribution in [1.29, 1.82) is 0 Å². The third-order valence-corrected chi connectivity index (χ3v) is 5.91. The van der Waals surface area contributed by atoms with Gasteiger partial charge < -0.3 is 10.1 Å². The van der Waals surface area contributed by atoms with E-state index in [4.69, 9.17) is 4.74 Å². The van der Waals surface area contributed by atoms with Crippen LogP contribution in [0.25, 0.3) is 0 Å². The molecule has 0 saturated heterocycles. The maximum atomic E-state index is 12.2. The topological polar surface area (TPSA) is 55.4 Å². The summed E-state index contributed by atoms with van der Waals surface area (Å²) < 4.78 is 4.73. The monoisotopic (exact) mass is 349 g/mol. The zero-order chi connectivity index (χ0) is 17.5. The van der Waals surface area contributed by atoms with Gasteiger partial charge in [0.2, 0.25) is 5.91 Å². The number of rotatable bonds is 6. The van der Waals surface area contributed by atoms with Gasteiger partial charge in [0.25, 0.3) is 0 Å². The predicted octanol–water partition coefficient (Wildman–Crippen LogP) is 3.65. The second-order valence-corrected chi connectivity index (χ2v) is 7.61. The van der Waals surface area contributed by atoms with E-state index < -0.39 is 0 Å². The molecule has 1 aromatic rings. The number of hydrogen-bond donors (Lipinski definition) is 1. The summed E-state index contributed by atoms with van der Waals surface area (Å²) in [5.41, 5.74) is 1.57. The number of esters is 1. The van der Waals surface area contributed by atoms with E-state index in [1.807, 2.05) is 18.2 Å². The number of thioether (sulfide) groups is 1. The van der Waals surface area contributed by atoms with Gasteiger partial charge in [-0.1, -0.05) is 38.8 Å². The molecule has 1 fully saturated rings. The molecule has 0 radical (unpaired) electrons. The molecule has 0 aliphatic heterocycles. The molecular weight excluding hydrogens is 322 g/mol. The van der Waals surface area contributed by atoms with Crippen LogP contribution in [0.15, 0.2) is 24.3 Å². The van der Waals surface area contributed by atoms with Crippen molar-refractivity contribution in [1.82, 2.24) is 5.32 Å². The van der Waals surface area contributed by atoms with Crippen molar-refractivity contribution in [3.8, 4) is 0 Å². The second kappa shape index (κ2) is 9.11. The van der Waals surface area contributed by atoms with Crippen LogP contribution in [0, 0.1) is 11.8 Å². The molecule has 1 aromatic carbocycles. The second-order valence-electron chi connectivity index (χ2n) is 6.63. The first-order valence-electron chi connectivity index (χ1n) is 8.55. The molecule has 0 bridgehead atoms. The summed E-state index contributed by atoms with van der Waals surface area (Å²) >= 11 is 1.57. The molecule has 1 aliphatic rings. The molecule has 4 nitrogen and oxygen atoms in total. The van der Waals surface area contributed by atoms with E-state index in [2.05, 4.69) is 19.2 Å². The van der Waals surface area contributed by atoms with Gasteiger partial charge in [-0.2, -0.15) is 0 Å². The molecule has 1 aliphatic carbocycles. The first-order valence-corrected chi connectivity index (χ1v) is 9.71. The molecule has 3 atom stereocenters. The van der Waals surface area contributed by atoms with Gasteiger partial charge in [0.05, 0.1) is 18.4 Å². The fraction of sp³-hybridized carbons (Fsp3) is 0.579. The third kappa shape index (κ3) is 5.26. The summed E-state index contributed by atoms with van der Waals surface area (Å²) in [7, 11) is 1.38. The van der Waals surface area contributed by atoms with E-state index >= 15 is 0 Å². The average molecular weight is 349 g/mol. The summed E-state index contributed by atoms with van der Waals surface area (Å²) in [4.78, 5) is 23.7. The Kier molecular flexibility index (Phi) is 7.16. The molecule has 1 saturated carbocycles. The number of hydrogen-bond acceptors (Lipinski definition) is 4. The summed E-state index contributed by atoms with van der Waals surface area (Å²) in [5, 5.41) is 3.19. The van der Waals surface area contributed by atoms with E-state index in [0.717, 1.165) is 12.0 Å². The van der Waals surface area contributed by atoms with Crippen molar-refractivity contribution in [3.05, 3.63) is 35.4 Å². The van der Waals surface area contributed by atoms with Gasteiger partial charge in [0.1, 0.15) is 0 Å². The van der Waals surface area contributed by atoms with E-state index in [0.29, 0.717) is 34.9 Å². The van der Waals surface area contributed by atoms with Gasteiger partial charge in [0.15, 0.2) is 0 Å². The molecule has 0 heterocycles. The van der Waals surface area contributed by atoms with Crippen molar-refractivity contribution < 1.29 is 14.3 Å². The van der Waals surface area contributed by atoms with Gasteiger partial charge in [-0.05, 0) is 36.0 Å². The standard InChI is InChI=1S/C19H27NO3S/c1-13-6-4-9-17(14(13)2)20-18(21)12-24-11-15-7-5-8-16(10-15)19(22)23-3/h5,7-8,10,13-14,17H,4,6,9,11-12H2,1-3H3,(H,20,21)/t13-,14-,17+/m0/s1. The van der Waals surface area contributed by atoms with E-state index in [9.17, 15) is 9.59 Å². The Bertz CT molecular complexity index is 575. The van der Waals surface area contributed by atoms with Crippen LogP contribution in [-0.4, -0.2) is 30.8 Å². The maximum absolute atomic E-state index is 12.2. The Labute approximate surface area is 148 Å². The summed E-state index contributed by atoms with van der Waals surface area (Å²) in [6, 6.07) is 7.67. The minimum atomic E-state index is -0.333. The fourth-order valence-corrected chi connectivity index (χ4v) is 3.99. The SMILES string of the molecule is COC(=O)c1cccc(CSCC(=O)N[C@@H]2CCC[C@H](C)[C@@H]2C)c1. The Morgan fingerprint density at radius 2 is 2.08 bits per heavy atom. The lowest BCUT2D eigenvalue weighted by atomic mass is 9.78. The molecule has 24 heavy (non-hydrogen) atoms. The maximum Gasteiger partial charge on any atom is 0.337 e. The van der Waals surface area contributed by atoms with Gasteiger partial charge in [-0.25, -0.2) is 4.79 Å². The molecule has 0 aromatic heterocycles. The average Bonchev–Trinajstić information content (AvgIpc) is 2.58. The largest absolute Gasteiger partial charge is 0.465 e. The zero-order valence-corrected chi connectivity index (χ0v) is 15.5. The molecule has 0 spiro atoms. The molecular formula is C19H27NO3S. The van der Waals surface area contributed by atoms with E-state index in [1.165, 1.54) is 20.0 Å². The van der Waals surface area contributed by atoms with Crippen LogP contribution in [0.3, 0.4) is 0 Å². The van der Waals surface area contributed by atoms with Gasteiger partial charge in [0, 0.05) is 11.8 Å². The smallest absolute Gasteiger partial charge is 0.337 e. The number of amides is 1. The molecule has 0 unspecified atom stereocenters. The number of ether oxygens (including phenoxy) is 1. The summed E-state index contributed by atoms with van der Waals surface area (Å²) in [5.74, 6) is 2.15. The zero-order valence-electron chi connectivity index (χ0n) is 14.7. The van der Waals surface area contributed by atoms with Crippen LogP contribution < -0.4 is 5.32 Å². The number of carbonyl (C=O) groups excluding carboxylic acids is 2. The highest BCUT2D eigenvalue weighted by molar-refractivity contribution is 7.99. The van der Waals surface area contributed by atoms with Crippen LogP contribution >= 0.6 is 11.8 Å². The Balaban J connectivity index is 1.77. The molecule has 132 valence electrons. The van der Waals surface area contributed by atoms with Gasteiger partial charge in [-0.15, -0.1) is 11.8 Å². The van der Waals surface area contributed by atoms with Crippen molar-refractivity contribution in [3.63, 3.8) is 0 Å². The number of methoxy groups -OCH3 is 1. The third-order valence-electron chi connectivity index (χ3n) is 4.90. The molecule has 1 amide bonds. The minimum Gasteiger partial charge on any atom is -0.465 e. The van der Waals surface area contributed by atoms with Crippen molar-refractivity contribution >= 4 is 23.6 Å². The number of carbonyl (C=O) groups is 2. The lowest BCUT2D eigenvalue weighted by molar-refractivity contribution is -0.120. The Hall–Kier alpha value is -1.49. The predicted molar refractivity (Wildman–Crippen MR) is 98.1 cm³/mol. The van der Waals surface area contributed by atoms with Crippen LogP contribution in [-0.2, 0) is 15.3 Å². The molecule has 2 rings (SSSR count). The number of benzene rings is 1. The lowest BCUT2D eigenvalue weighted by Crippen LogP contribution is -2.44. The highest BCUT2D eigenvalue weighted by Crippen LogP contribution is 2.29. The van der Waals surface area contributed by atoms with E-state index in [1.54, 1.807) is 17.8 Å². The van der Waals surface area contributed by atoms with E-state index in [-0.39, 0.29) is 11.9 Å². The Morgan fingerprint density at radius 1 is 1.29 bits per heavy atom. The van der Waals surface area contributed by atoms with Gasteiger partial charge in [-0.3, -0.25) is 4.79 Å². The van der Waals surface area contributed by atoms with Crippen LogP contribution in [0.2, 0.25) is 0 Å². The normalized spacial score (nSPS) is 23.5. The quantitative estimate of drug-likeness (QED) is 0.797. The first-order chi connectivity index (χ1) is 11.5. The van der Waals surface area contributed by atoms with Crippen molar-refractivity contribution in [2.45, 2.75) is 44.9 Å². The first kappa shape index (κ1) is 18.8. The summed E-state index contributed by atoms with van der Waals surface area (Å²) in [6.07, 6.45) is 3.55. The Morgan fingerprint density at radius 3 is 2.83 bits per heavy atom. The minimum absolute atomic E-state index is 0.107. The number of nitrogens with one attached hydrogen (secondary N) is 1. The lowest BCUT2D eigenvalue weighted by Gasteiger charge is -2.34.